The molecule has 7 heteroatoms. The number of morpholine rings is 1. The standard InChI is InChI=1S/C21H30FN3O3/c1-21(2,25-11-13-28-14-12-25)15-23-19(26)16-7-9-24(10-8-16)20(27)17-3-5-18(22)6-4-17/h3-6,16H,7-15H2,1-2H3,(H,23,26). The van der Waals surface area contributed by atoms with Crippen molar-refractivity contribution < 1.29 is 18.7 Å². The summed E-state index contributed by atoms with van der Waals surface area (Å²) >= 11 is 0. The van der Waals surface area contributed by atoms with Gasteiger partial charge in [-0.3, -0.25) is 14.5 Å². The fourth-order valence-corrected chi connectivity index (χ4v) is 3.85. The highest BCUT2D eigenvalue weighted by Gasteiger charge is 2.31. The van der Waals surface area contributed by atoms with Gasteiger partial charge in [0.2, 0.25) is 5.91 Å². The Bertz CT molecular complexity index is 679. The Morgan fingerprint density at radius 1 is 1.11 bits per heavy atom. The van der Waals surface area contributed by atoms with E-state index in [1.165, 1.54) is 24.3 Å². The SMILES string of the molecule is CC(C)(CNC(=O)C1CCN(C(=O)c2ccc(F)cc2)CC1)N1CCOCC1. The van der Waals surface area contributed by atoms with Crippen molar-refractivity contribution in [3.05, 3.63) is 35.6 Å². The van der Waals surface area contributed by atoms with Crippen LogP contribution in [0.3, 0.4) is 0 Å². The van der Waals surface area contributed by atoms with Crippen LogP contribution >= 0.6 is 0 Å². The molecule has 2 fully saturated rings. The maximum Gasteiger partial charge on any atom is 0.253 e. The third kappa shape index (κ3) is 5.08. The molecular formula is C21H30FN3O3. The lowest BCUT2D eigenvalue weighted by molar-refractivity contribution is -0.127. The third-order valence-corrected chi connectivity index (χ3v) is 5.81. The molecule has 6 nitrogen and oxygen atoms in total. The maximum absolute atomic E-state index is 13.0. The van der Waals surface area contributed by atoms with Crippen LogP contribution in [0.1, 0.15) is 37.0 Å². The number of piperidine rings is 1. The van der Waals surface area contributed by atoms with E-state index < -0.39 is 0 Å². The molecule has 2 aliphatic heterocycles. The number of carbonyl (C=O) groups is 2. The highest BCUT2D eigenvalue weighted by molar-refractivity contribution is 5.94. The lowest BCUT2D eigenvalue weighted by atomic mass is 9.94. The number of amides is 2. The summed E-state index contributed by atoms with van der Waals surface area (Å²) in [7, 11) is 0. The maximum atomic E-state index is 13.0. The number of benzene rings is 1. The van der Waals surface area contributed by atoms with Crippen molar-refractivity contribution in [1.82, 2.24) is 15.1 Å². The predicted octanol–water partition coefficient (Wildman–Crippen LogP) is 1.90. The highest BCUT2D eigenvalue weighted by Crippen LogP contribution is 2.21. The van der Waals surface area contributed by atoms with Crippen molar-refractivity contribution in [1.29, 1.82) is 0 Å². The number of hydrogen-bond acceptors (Lipinski definition) is 4. The second kappa shape index (κ2) is 9.01. The summed E-state index contributed by atoms with van der Waals surface area (Å²) in [5.74, 6) is -0.466. The van der Waals surface area contributed by atoms with E-state index >= 15 is 0 Å². The molecule has 0 bridgehead atoms. The number of carbonyl (C=O) groups excluding carboxylic acids is 2. The van der Waals surface area contributed by atoms with Gasteiger partial charge in [-0.2, -0.15) is 0 Å². The summed E-state index contributed by atoms with van der Waals surface area (Å²) in [6, 6.07) is 5.60. The second-order valence-electron chi connectivity index (χ2n) is 8.20. The number of nitrogens with one attached hydrogen (secondary N) is 1. The van der Waals surface area contributed by atoms with Crippen LogP contribution in [0.15, 0.2) is 24.3 Å². The Kier molecular flexibility index (Phi) is 6.67. The van der Waals surface area contributed by atoms with Gasteiger partial charge in [-0.25, -0.2) is 4.39 Å². The van der Waals surface area contributed by atoms with E-state index in [1.807, 2.05) is 0 Å². The van der Waals surface area contributed by atoms with Crippen LogP contribution in [-0.4, -0.2) is 73.1 Å². The zero-order chi connectivity index (χ0) is 20.1. The number of hydrogen-bond donors (Lipinski definition) is 1. The average molecular weight is 391 g/mol. The van der Waals surface area contributed by atoms with E-state index in [1.54, 1.807) is 4.90 Å². The number of likely N-dealkylation sites (tertiary alicyclic amines) is 1. The van der Waals surface area contributed by atoms with Crippen LogP contribution in [0.2, 0.25) is 0 Å². The van der Waals surface area contributed by atoms with E-state index in [2.05, 4.69) is 24.1 Å². The first-order valence-corrected chi connectivity index (χ1v) is 10.0. The van der Waals surface area contributed by atoms with E-state index in [0.29, 0.717) is 38.0 Å². The second-order valence-corrected chi connectivity index (χ2v) is 8.20. The number of nitrogens with zero attached hydrogens (tertiary/aromatic N) is 2. The largest absolute Gasteiger partial charge is 0.379 e. The summed E-state index contributed by atoms with van der Waals surface area (Å²) < 4.78 is 18.4. The molecular weight excluding hydrogens is 361 g/mol. The Labute approximate surface area is 166 Å². The van der Waals surface area contributed by atoms with Crippen LogP contribution in [0.25, 0.3) is 0 Å². The van der Waals surface area contributed by atoms with Crippen LogP contribution in [0.4, 0.5) is 4.39 Å². The van der Waals surface area contributed by atoms with E-state index in [0.717, 1.165) is 26.3 Å². The van der Waals surface area contributed by atoms with Gasteiger partial charge >= 0.3 is 0 Å². The molecule has 2 amide bonds. The highest BCUT2D eigenvalue weighted by atomic mass is 19.1. The summed E-state index contributed by atoms with van der Waals surface area (Å²) in [5.41, 5.74) is 0.371. The quantitative estimate of drug-likeness (QED) is 0.833. The number of halogens is 1. The van der Waals surface area contributed by atoms with Crippen LogP contribution < -0.4 is 5.32 Å². The Morgan fingerprint density at radius 3 is 2.32 bits per heavy atom. The molecule has 0 radical (unpaired) electrons. The van der Waals surface area contributed by atoms with Gasteiger partial charge in [0.15, 0.2) is 0 Å². The molecule has 0 unspecified atom stereocenters. The van der Waals surface area contributed by atoms with Gasteiger partial charge in [0.1, 0.15) is 5.82 Å². The van der Waals surface area contributed by atoms with Gasteiger partial charge in [0.25, 0.3) is 5.91 Å². The van der Waals surface area contributed by atoms with Crippen LogP contribution in [0, 0.1) is 11.7 Å². The first kappa shape index (κ1) is 20.7. The molecule has 0 saturated carbocycles. The Morgan fingerprint density at radius 2 is 1.71 bits per heavy atom. The minimum atomic E-state index is -0.355. The minimum absolute atomic E-state index is 0.0650. The van der Waals surface area contributed by atoms with Crippen molar-refractivity contribution in [3.8, 4) is 0 Å². The molecule has 0 aromatic heterocycles. The number of ether oxygens (including phenoxy) is 1. The van der Waals surface area contributed by atoms with E-state index in [-0.39, 0.29) is 29.1 Å². The van der Waals surface area contributed by atoms with Crippen LogP contribution in [0.5, 0.6) is 0 Å². The van der Waals surface area contributed by atoms with Crippen molar-refractivity contribution in [2.24, 2.45) is 5.92 Å². The molecule has 154 valence electrons. The normalized spacial score (nSPS) is 19.5. The molecule has 1 aromatic carbocycles. The van der Waals surface area contributed by atoms with E-state index in [9.17, 15) is 14.0 Å². The van der Waals surface area contributed by atoms with Gasteiger partial charge in [-0.1, -0.05) is 0 Å². The smallest absolute Gasteiger partial charge is 0.253 e. The topological polar surface area (TPSA) is 61.9 Å². The Balaban J connectivity index is 1.45. The zero-order valence-electron chi connectivity index (χ0n) is 16.7. The third-order valence-electron chi connectivity index (χ3n) is 5.81. The fraction of sp³-hybridized carbons (Fsp3) is 0.619. The lowest BCUT2D eigenvalue weighted by Gasteiger charge is -2.41. The van der Waals surface area contributed by atoms with Crippen LogP contribution in [-0.2, 0) is 9.53 Å². The first-order valence-electron chi connectivity index (χ1n) is 10.0. The van der Waals surface area contributed by atoms with Crippen molar-refractivity contribution in [3.63, 3.8) is 0 Å². The fourth-order valence-electron chi connectivity index (χ4n) is 3.85. The molecule has 2 saturated heterocycles. The summed E-state index contributed by atoms with van der Waals surface area (Å²) in [4.78, 5) is 29.2. The monoisotopic (exact) mass is 391 g/mol. The Hall–Kier alpha value is -1.99. The van der Waals surface area contributed by atoms with Crippen molar-refractivity contribution in [2.45, 2.75) is 32.2 Å². The molecule has 0 aliphatic carbocycles. The summed E-state index contributed by atoms with van der Waals surface area (Å²) in [6.07, 6.45) is 1.30. The molecule has 28 heavy (non-hydrogen) atoms. The van der Waals surface area contributed by atoms with Gasteiger partial charge < -0.3 is 15.0 Å². The molecule has 2 aliphatic rings. The summed E-state index contributed by atoms with van der Waals surface area (Å²) in [6.45, 7) is 9.20. The zero-order valence-corrected chi connectivity index (χ0v) is 16.7. The van der Waals surface area contributed by atoms with Gasteiger partial charge in [0.05, 0.1) is 13.2 Å². The minimum Gasteiger partial charge on any atom is -0.379 e. The molecule has 3 rings (SSSR count). The van der Waals surface area contributed by atoms with Gasteiger partial charge in [-0.15, -0.1) is 0 Å². The van der Waals surface area contributed by atoms with Gasteiger partial charge in [0, 0.05) is 49.7 Å². The van der Waals surface area contributed by atoms with Crippen molar-refractivity contribution >= 4 is 11.8 Å². The molecule has 2 heterocycles. The van der Waals surface area contributed by atoms with E-state index in [4.69, 9.17) is 4.74 Å². The molecule has 1 N–H and O–H groups in total. The van der Waals surface area contributed by atoms with Crippen molar-refractivity contribution in [2.75, 3.05) is 45.9 Å². The molecule has 0 spiro atoms. The first-order chi connectivity index (χ1) is 13.4. The predicted molar refractivity (Wildman–Crippen MR) is 105 cm³/mol. The number of rotatable bonds is 5. The lowest BCUT2D eigenvalue weighted by Crippen LogP contribution is -2.56. The molecule has 0 atom stereocenters. The summed E-state index contributed by atoms with van der Waals surface area (Å²) in [5, 5.41) is 3.11. The molecule has 1 aromatic rings. The average Bonchev–Trinajstić information content (AvgIpc) is 2.73. The van der Waals surface area contributed by atoms with Gasteiger partial charge in [-0.05, 0) is 51.0 Å².